The Hall–Kier alpha value is -4.22. The Morgan fingerprint density at radius 2 is 1.97 bits per heavy atom. The van der Waals surface area contributed by atoms with E-state index in [-0.39, 0.29) is 11.5 Å². The summed E-state index contributed by atoms with van der Waals surface area (Å²) in [5.41, 5.74) is 6.44. The number of aryl methyl sites for hydroxylation is 1. The maximum Gasteiger partial charge on any atom is 0.416 e. The standard InChI is InChI=1S/C21H18F3N7O2/c22-21(23,24)14-4-1-3-13(11-14)16-12-18-26-9-10-30(18)20(29-16)27-8-2-5-15-6-7-17(31(32)33)19(25)28-15/h1,3-4,6-7,9-12H,2,5,8H2,(H2,25,28)(H,27,29). The number of pyridine rings is 1. The van der Waals surface area contributed by atoms with E-state index in [2.05, 4.69) is 20.3 Å². The Balaban J connectivity index is 1.50. The topological polar surface area (TPSA) is 124 Å². The Morgan fingerprint density at radius 3 is 2.70 bits per heavy atom. The number of imidazole rings is 1. The molecular weight excluding hydrogens is 439 g/mol. The first-order chi connectivity index (χ1) is 15.7. The van der Waals surface area contributed by atoms with Gasteiger partial charge in [0, 0.05) is 42.3 Å². The summed E-state index contributed by atoms with van der Waals surface area (Å²) in [6, 6.07) is 9.45. The fourth-order valence-electron chi connectivity index (χ4n) is 3.32. The van der Waals surface area contributed by atoms with E-state index in [9.17, 15) is 23.3 Å². The lowest BCUT2D eigenvalue weighted by Crippen LogP contribution is -2.10. The molecule has 9 nitrogen and oxygen atoms in total. The third kappa shape index (κ3) is 4.84. The highest BCUT2D eigenvalue weighted by atomic mass is 19.4. The van der Waals surface area contributed by atoms with E-state index in [1.54, 1.807) is 35.0 Å². The van der Waals surface area contributed by atoms with E-state index in [1.807, 2.05) is 0 Å². The van der Waals surface area contributed by atoms with Gasteiger partial charge in [-0.25, -0.2) is 15.0 Å². The molecule has 0 spiro atoms. The van der Waals surface area contributed by atoms with Crippen molar-refractivity contribution in [1.29, 1.82) is 0 Å². The molecule has 0 saturated carbocycles. The molecule has 170 valence electrons. The molecule has 0 radical (unpaired) electrons. The molecule has 0 aliphatic rings. The van der Waals surface area contributed by atoms with Gasteiger partial charge in [-0.1, -0.05) is 12.1 Å². The molecule has 0 aliphatic heterocycles. The smallest absolute Gasteiger partial charge is 0.378 e. The van der Waals surface area contributed by atoms with Gasteiger partial charge in [0.1, 0.15) is 5.65 Å². The second kappa shape index (κ2) is 8.73. The third-order valence-electron chi connectivity index (χ3n) is 4.92. The van der Waals surface area contributed by atoms with Crippen molar-refractivity contribution in [2.75, 3.05) is 17.6 Å². The van der Waals surface area contributed by atoms with Crippen molar-refractivity contribution in [3.05, 3.63) is 76.2 Å². The first kappa shape index (κ1) is 22.0. The summed E-state index contributed by atoms with van der Waals surface area (Å²) in [6.07, 6.45) is -0.0733. The minimum atomic E-state index is -4.45. The summed E-state index contributed by atoms with van der Waals surface area (Å²) in [6.45, 7) is 0.463. The lowest BCUT2D eigenvalue weighted by molar-refractivity contribution is -0.384. The fourth-order valence-corrected chi connectivity index (χ4v) is 3.32. The molecule has 0 amide bonds. The highest BCUT2D eigenvalue weighted by Crippen LogP contribution is 2.32. The number of alkyl halides is 3. The van der Waals surface area contributed by atoms with Gasteiger partial charge in [0.15, 0.2) is 0 Å². The normalized spacial score (nSPS) is 11.6. The van der Waals surface area contributed by atoms with Crippen molar-refractivity contribution in [1.82, 2.24) is 19.4 Å². The summed E-state index contributed by atoms with van der Waals surface area (Å²) in [5, 5.41) is 14.0. The minimum absolute atomic E-state index is 0.138. The van der Waals surface area contributed by atoms with Crippen LogP contribution < -0.4 is 11.1 Å². The number of halogens is 3. The monoisotopic (exact) mass is 457 g/mol. The van der Waals surface area contributed by atoms with Gasteiger partial charge in [-0.3, -0.25) is 14.5 Å². The zero-order chi connectivity index (χ0) is 23.6. The average molecular weight is 457 g/mol. The number of nitrogen functional groups attached to an aromatic ring is 1. The van der Waals surface area contributed by atoms with Gasteiger partial charge in [-0.15, -0.1) is 0 Å². The van der Waals surface area contributed by atoms with Crippen LogP contribution >= 0.6 is 0 Å². The van der Waals surface area contributed by atoms with Crippen molar-refractivity contribution in [3.8, 4) is 11.3 Å². The highest BCUT2D eigenvalue weighted by molar-refractivity contribution is 5.66. The molecule has 0 fully saturated rings. The summed E-state index contributed by atoms with van der Waals surface area (Å²) in [4.78, 5) is 23.0. The van der Waals surface area contributed by atoms with E-state index in [4.69, 9.17) is 5.73 Å². The summed E-state index contributed by atoms with van der Waals surface area (Å²) >= 11 is 0. The number of hydrogen-bond donors (Lipinski definition) is 2. The van der Waals surface area contributed by atoms with Crippen LogP contribution in [0.3, 0.4) is 0 Å². The van der Waals surface area contributed by atoms with Crippen LogP contribution in [0.2, 0.25) is 0 Å². The van der Waals surface area contributed by atoms with E-state index < -0.39 is 16.7 Å². The molecule has 12 heteroatoms. The molecule has 3 N–H and O–H groups in total. The lowest BCUT2D eigenvalue weighted by Gasteiger charge is -2.12. The van der Waals surface area contributed by atoms with Gasteiger partial charge in [-0.2, -0.15) is 13.2 Å². The highest BCUT2D eigenvalue weighted by Gasteiger charge is 2.30. The maximum atomic E-state index is 13.1. The second-order valence-corrected chi connectivity index (χ2v) is 7.19. The molecule has 0 saturated heterocycles. The molecule has 33 heavy (non-hydrogen) atoms. The SMILES string of the molecule is Nc1nc(CCCNc2nc(-c3cccc(C(F)(F)F)c3)cc3nccn23)ccc1[N+](=O)[O-]. The van der Waals surface area contributed by atoms with Gasteiger partial charge in [0.25, 0.3) is 0 Å². The predicted octanol–water partition coefficient (Wildman–Crippen LogP) is 4.35. The summed E-state index contributed by atoms with van der Waals surface area (Å²) < 4.78 is 41.0. The van der Waals surface area contributed by atoms with Gasteiger partial charge in [0.05, 0.1) is 16.2 Å². The number of anilines is 2. The van der Waals surface area contributed by atoms with E-state index in [0.717, 1.165) is 12.1 Å². The molecule has 1 aromatic carbocycles. The molecule has 3 aromatic heterocycles. The van der Waals surface area contributed by atoms with Crippen LogP contribution in [0.1, 0.15) is 17.7 Å². The lowest BCUT2D eigenvalue weighted by atomic mass is 10.1. The van der Waals surface area contributed by atoms with E-state index >= 15 is 0 Å². The third-order valence-corrected chi connectivity index (χ3v) is 4.92. The molecule has 3 heterocycles. The maximum absolute atomic E-state index is 13.1. The Kier molecular flexibility index (Phi) is 5.82. The number of nitro groups is 1. The summed E-state index contributed by atoms with van der Waals surface area (Å²) in [5.74, 6) is 0.287. The van der Waals surface area contributed by atoms with Crippen molar-refractivity contribution in [3.63, 3.8) is 0 Å². The number of rotatable bonds is 7. The van der Waals surface area contributed by atoms with Crippen molar-refractivity contribution >= 4 is 23.1 Å². The van der Waals surface area contributed by atoms with Crippen LogP contribution in [0.5, 0.6) is 0 Å². The molecule has 0 unspecified atom stereocenters. The van der Waals surface area contributed by atoms with Crippen molar-refractivity contribution in [2.45, 2.75) is 19.0 Å². The number of hydrogen-bond acceptors (Lipinski definition) is 7. The number of aromatic nitrogens is 4. The van der Waals surface area contributed by atoms with Crippen LogP contribution in [0, 0.1) is 10.1 Å². The molecular formula is C21H18F3N7O2. The predicted molar refractivity (Wildman–Crippen MR) is 116 cm³/mol. The van der Waals surface area contributed by atoms with Crippen molar-refractivity contribution in [2.24, 2.45) is 0 Å². The number of fused-ring (bicyclic) bond motifs is 1. The van der Waals surface area contributed by atoms with E-state index in [1.165, 1.54) is 12.1 Å². The molecule has 4 aromatic rings. The minimum Gasteiger partial charge on any atom is -0.378 e. The Bertz CT molecular complexity index is 1320. The van der Waals surface area contributed by atoms with Crippen LogP contribution in [0.15, 0.2) is 54.9 Å². The van der Waals surface area contributed by atoms with Crippen LogP contribution in [0.25, 0.3) is 16.9 Å². The first-order valence-electron chi connectivity index (χ1n) is 9.88. The Morgan fingerprint density at radius 1 is 1.15 bits per heavy atom. The van der Waals surface area contributed by atoms with Crippen LogP contribution in [-0.4, -0.2) is 30.8 Å². The largest absolute Gasteiger partial charge is 0.416 e. The van der Waals surface area contributed by atoms with Gasteiger partial charge >= 0.3 is 11.9 Å². The van der Waals surface area contributed by atoms with Gasteiger partial charge < -0.3 is 11.1 Å². The molecule has 4 rings (SSSR count). The van der Waals surface area contributed by atoms with E-state index in [0.29, 0.717) is 47.9 Å². The van der Waals surface area contributed by atoms with Gasteiger partial charge in [-0.05, 0) is 31.0 Å². The van der Waals surface area contributed by atoms with Crippen LogP contribution in [-0.2, 0) is 12.6 Å². The second-order valence-electron chi connectivity index (χ2n) is 7.19. The number of nitrogens with zero attached hydrogens (tertiary/aromatic N) is 5. The summed E-state index contributed by atoms with van der Waals surface area (Å²) in [7, 11) is 0. The zero-order valence-corrected chi connectivity index (χ0v) is 17.1. The van der Waals surface area contributed by atoms with Crippen molar-refractivity contribution < 1.29 is 18.1 Å². The molecule has 0 atom stereocenters. The Labute approximate surface area is 185 Å². The number of nitrogens with one attached hydrogen (secondary N) is 1. The average Bonchev–Trinajstić information content (AvgIpc) is 3.25. The zero-order valence-electron chi connectivity index (χ0n) is 17.1. The number of nitrogens with two attached hydrogens (primary N) is 1. The van der Waals surface area contributed by atoms with Gasteiger partial charge in [0.2, 0.25) is 11.8 Å². The van der Waals surface area contributed by atoms with Crippen LogP contribution in [0.4, 0.5) is 30.6 Å². The first-order valence-corrected chi connectivity index (χ1v) is 9.88. The fraction of sp³-hybridized carbons (Fsp3) is 0.190. The molecule has 0 bridgehead atoms. The molecule has 0 aliphatic carbocycles. The quantitative estimate of drug-likeness (QED) is 0.240. The number of benzene rings is 1.